The first-order chi connectivity index (χ1) is 8.18. The van der Waals surface area contributed by atoms with Gasteiger partial charge in [-0.1, -0.05) is 0 Å². The average molecular weight is 246 g/mol. The molecule has 2 saturated heterocycles. The molecule has 2 rings (SSSR count). The molecule has 0 radical (unpaired) electrons. The summed E-state index contributed by atoms with van der Waals surface area (Å²) in [5.41, 5.74) is 0. The average Bonchev–Trinajstić information content (AvgIpc) is 2.39. The zero-order chi connectivity index (χ0) is 12.3. The molecule has 0 unspecified atom stereocenters. The summed E-state index contributed by atoms with van der Waals surface area (Å²) in [4.78, 5) is 13.8. The molecule has 2 heterocycles. The maximum absolute atomic E-state index is 12.7. The monoisotopic (exact) mass is 246 g/mol. The molecule has 0 aromatic carbocycles. The van der Waals surface area contributed by atoms with Gasteiger partial charge in [0.2, 0.25) is 12.3 Å². The second-order valence-electron chi connectivity index (χ2n) is 5.05. The Kier molecular flexibility index (Phi) is 4.31. The minimum absolute atomic E-state index is 0.0488. The number of likely N-dealkylation sites (tertiary alicyclic amines) is 1. The van der Waals surface area contributed by atoms with Gasteiger partial charge in [-0.25, -0.2) is 8.78 Å². The standard InChI is InChI=1S/C12H20F2N2O/c13-11(14)10-2-1-7-16(8-10)12(17)9-3-5-15-6-4-9/h9-11,15H,1-8H2/t10-/m1/s1. The number of hydrogen-bond acceptors (Lipinski definition) is 2. The summed E-state index contributed by atoms with van der Waals surface area (Å²) in [5, 5.41) is 3.21. The second kappa shape index (κ2) is 5.76. The lowest BCUT2D eigenvalue weighted by molar-refractivity contribution is -0.139. The first-order valence-corrected chi connectivity index (χ1v) is 6.46. The lowest BCUT2D eigenvalue weighted by Gasteiger charge is -2.35. The van der Waals surface area contributed by atoms with E-state index in [0.717, 1.165) is 25.9 Å². The van der Waals surface area contributed by atoms with E-state index < -0.39 is 12.3 Å². The van der Waals surface area contributed by atoms with E-state index in [0.29, 0.717) is 19.4 Å². The van der Waals surface area contributed by atoms with Gasteiger partial charge in [-0.2, -0.15) is 0 Å². The van der Waals surface area contributed by atoms with Gasteiger partial charge in [0.25, 0.3) is 0 Å². The fourth-order valence-corrected chi connectivity index (χ4v) is 2.74. The molecule has 5 heteroatoms. The van der Waals surface area contributed by atoms with Crippen LogP contribution in [0.2, 0.25) is 0 Å². The van der Waals surface area contributed by atoms with Crippen molar-refractivity contribution in [1.82, 2.24) is 10.2 Å². The second-order valence-corrected chi connectivity index (χ2v) is 5.05. The topological polar surface area (TPSA) is 32.3 Å². The number of nitrogens with zero attached hydrogens (tertiary/aromatic N) is 1. The van der Waals surface area contributed by atoms with Crippen LogP contribution in [0.15, 0.2) is 0 Å². The van der Waals surface area contributed by atoms with Crippen molar-refractivity contribution in [3.63, 3.8) is 0 Å². The van der Waals surface area contributed by atoms with Crippen LogP contribution in [-0.4, -0.2) is 43.4 Å². The minimum Gasteiger partial charge on any atom is -0.342 e. The third-order valence-corrected chi connectivity index (χ3v) is 3.81. The van der Waals surface area contributed by atoms with Crippen molar-refractivity contribution >= 4 is 5.91 Å². The maximum Gasteiger partial charge on any atom is 0.243 e. The fraction of sp³-hybridized carbons (Fsp3) is 0.917. The largest absolute Gasteiger partial charge is 0.342 e. The van der Waals surface area contributed by atoms with Crippen molar-refractivity contribution < 1.29 is 13.6 Å². The first-order valence-electron chi connectivity index (χ1n) is 6.46. The van der Waals surface area contributed by atoms with Crippen molar-refractivity contribution in [1.29, 1.82) is 0 Å². The minimum atomic E-state index is -2.29. The van der Waals surface area contributed by atoms with E-state index in [1.54, 1.807) is 4.90 Å². The zero-order valence-corrected chi connectivity index (χ0v) is 10.0. The van der Waals surface area contributed by atoms with E-state index >= 15 is 0 Å². The SMILES string of the molecule is O=C(C1CCNCC1)N1CCC[C@@H](C(F)F)C1. The third-order valence-electron chi connectivity index (χ3n) is 3.81. The van der Waals surface area contributed by atoms with Crippen LogP contribution < -0.4 is 5.32 Å². The Hall–Kier alpha value is -0.710. The summed E-state index contributed by atoms with van der Waals surface area (Å²) in [6, 6.07) is 0. The zero-order valence-electron chi connectivity index (χ0n) is 10.0. The molecular formula is C12H20F2N2O. The molecule has 0 saturated carbocycles. The summed E-state index contributed by atoms with van der Waals surface area (Å²) in [5.74, 6) is -0.473. The van der Waals surface area contributed by atoms with Crippen molar-refractivity contribution in [3.8, 4) is 0 Å². The van der Waals surface area contributed by atoms with Gasteiger partial charge in [-0.15, -0.1) is 0 Å². The van der Waals surface area contributed by atoms with Crippen LogP contribution in [0.3, 0.4) is 0 Å². The molecule has 0 aromatic heterocycles. The number of carbonyl (C=O) groups excluding carboxylic acids is 1. The summed E-state index contributed by atoms with van der Waals surface area (Å²) in [7, 11) is 0. The van der Waals surface area contributed by atoms with Crippen LogP contribution in [0.4, 0.5) is 8.78 Å². The van der Waals surface area contributed by atoms with Crippen molar-refractivity contribution in [2.45, 2.75) is 32.1 Å². The molecule has 98 valence electrons. The summed E-state index contributed by atoms with van der Waals surface area (Å²) in [6.45, 7) is 2.64. The van der Waals surface area contributed by atoms with E-state index in [9.17, 15) is 13.6 Å². The van der Waals surface area contributed by atoms with Crippen LogP contribution in [0, 0.1) is 11.8 Å². The number of amides is 1. The van der Waals surface area contributed by atoms with Crippen LogP contribution >= 0.6 is 0 Å². The van der Waals surface area contributed by atoms with Gasteiger partial charge in [0.15, 0.2) is 0 Å². The van der Waals surface area contributed by atoms with Crippen molar-refractivity contribution in [2.24, 2.45) is 11.8 Å². The Morgan fingerprint density at radius 1 is 1.24 bits per heavy atom. The first kappa shape index (κ1) is 12.7. The van der Waals surface area contributed by atoms with E-state index in [1.165, 1.54) is 0 Å². The normalized spacial score (nSPS) is 27.5. The van der Waals surface area contributed by atoms with Crippen LogP contribution in [0.25, 0.3) is 0 Å². The third kappa shape index (κ3) is 3.15. The number of nitrogens with one attached hydrogen (secondary N) is 1. The highest BCUT2D eigenvalue weighted by molar-refractivity contribution is 5.79. The maximum atomic E-state index is 12.7. The molecular weight excluding hydrogens is 226 g/mol. The molecule has 0 bridgehead atoms. The number of rotatable bonds is 2. The van der Waals surface area contributed by atoms with Gasteiger partial charge in [-0.3, -0.25) is 4.79 Å². The van der Waals surface area contributed by atoms with Crippen LogP contribution in [0.1, 0.15) is 25.7 Å². The molecule has 3 nitrogen and oxygen atoms in total. The Morgan fingerprint density at radius 2 is 1.94 bits per heavy atom. The van der Waals surface area contributed by atoms with Crippen LogP contribution in [-0.2, 0) is 4.79 Å². The van der Waals surface area contributed by atoms with E-state index in [-0.39, 0.29) is 18.4 Å². The van der Waals surface area contributed by atoms with E-state index in [2.05, 4.69) is 5.32 Å². The van der Waals surface area contributed by atoms with Gasteiger partial charge in [-0.05, 0) is 38.8 Å². The molecule has 2 aliphatic heterocycles. The summed E-state index contributed by atoms with van der Waals surface area (Å²) in [6.07, 6.45) is 0.654. The lowest BCUT2D eigenvalue weighted by atomic mass is 9.93. The summed E-state index contributed by atoms with van der Waals surface area (Å²) < 4.78 is 25.3. The van der Waals surface area contributed by atoms with Gasteiger partial charge in [0.05, 0.1) is 0 Å². The fourth-order valence-electron chi connectivity index (χ4n) is 2.74. The molecule has 0 aromatic rings. The molecule has 17 heavy (non-hydrogen) atoms. The Balaban J connectivity index is 1.89. The molecule has 0 spiro atoms. The molecule has 1 N–H and O–H groups in total. The number of alkyl halides is 2. The lowest BCUT2D eigenvalue weighted by Crippen LogP contribution is -2.46. The predicted octanol–water partition coefficient (Wildman–Crippen LogP) is 1.49. The molecule has 2 fully saturated rings. The van der Waals surface area contributed by atoms with Crippen molar-refractivity contribution in [3.05, 3.63) is 0 Å². The highest BCUT2D eigenvalue weighted by Crippen LogP contribution is 2.25. The van der Waals surface area contributed by atoms with Gasteiger partial charge in [0.1, 0.15) is 0 Å². The molecule has 2 aliphatic rings. The molecule has 0 aliphatic carbocycles. The number of halogens is 2. The van der Waals surface area contributed by atoms with E-state index in [1.807, 2.05) is 0 Å². The number of piperidine rings is 2. The Bertz CT molecular complexity index is 267. The van der Waals surface area contributed by atoms with Gasteiger partial charge < -0.3 is 10.2 Å². The van der Waals surface area contributed by atoms with Gasteiger partial charge >= 0.3 is 0 Å². The number of hydrogen-bond donors (Lipinski definition) is 1. The van der Waals surface area contributed by atoms with Gasteiger partial charge in [0, 0.05) is 24.9 Å². The highest BCUT2D eigenvalue weighted by Gasteiger charge is 2.32. The highest BCUT2D eigenvalue weighted by atomic mass is 19.3. The summed E-state index contributed by atoms with van der Waals surface area (Å²) >= 11 is 0. The van der Waals surface area contributed by atoms with E-state index in [4.69, 9.17) is 0 Å². The quantitative estimate of drug-likeness (QED) is 0.800. The van der Waals surface area contributed by atoms with Crippen LogP contribution in [0.5, 0.6) is 0 Å². The predicted molar refractivity (Wildman–Crippen MR) is 60.9 cm³/mol. The molecule has 1 atom stereocenters. The molecule has 1 amide bonds. The number of carbonyl (C=O) groups is 1. The Labute approximate surface area is 101 Å². The Morgan fingerprint density at radius 3 is 2.59 bits per heavy atom. The smallest absolute Gasteiger partial charge is 0.243 e. The van der Waals surface area contributed by atoms with Crippen molar-refractivity contribution in [2.75, 3.05) is 26.2 Å².